The highest BCUT2D eigenvalue weighted by Crippen LogP contribution is 2.16. The molecule has 0 heterocycles. The van der Waals surface area contributed by atoms with Crippen LogP contribution in [0.15, 0.2) is 48.5 Å². The van der Waals surface area contributed by atoms with Crippen LogP contribution in [-0.4, -0.2) is 45.0 Å². The van der Waals surface area contributed by atoms with Crippen molar-refractivity contribution < 1.29 is 23.9 Å². The molecule has 0 aliphatic heterocycles. The number of hydrogen-bond acceptors (Lipinski definition) is 6. The number of Topliss-reactive ketones (excluding diaryl/α,β-unsaturated/α-hetero) is 1. The topological polar surface area (TPSA) is 84.9 Å². The second-order valence-electron chi connectivity index (χ2n) is 6.02. The second kappa shape index (κ2) is 9.38. The van der Waals surface area contributed by atoms with Crippen molar-refractivity contribution in [2.75, 3.05) is 37.5 Å². The quantitative estimate of drug-likeness (QED) is 0.568. The summed E-state index contributed by atoms with van der Waals surface area (Å²) in [4.78, 5) is 36.8. The molecule has 2 rings (SSSR count). The predicted molar refractivity (Wildman–Crippen MR) is 102 cm³/mol. The van der Waals surface area contributed by atoms with Crippen LogP contribution in [0.2, 0.25) is 0 Å². The van der Waals surface area contributed by atoms with E-state index in [0.29, 0.717) is 17.0 Å². The number of carbonyl (C=O) groups is 3. The lowest BCUT2D eigenvalue weighted by Gasteiger charge is -2.13. The minimum atomic E-state index is -0.679. The monoisotopic (exact) mass is 370 g/mol. The predicted octanol–water partition coefficient (Wildman–Crippen LogP) is 2.52. The highest BCUT2D eigenvalue weighted by atomic mass is 16.6. The molecule has 0 aliphatic rings. The van der Waals surface area contributed by atoms with E-state index in [1.165, 1.54) is 6.92 Å². The van der Waals surface area contributed by atoms with Gasteiger partial charge in [-0.15, -0.1) is 0 Å². The van der Waals surface area contributed by atoms with E-state index in [-0.39, 0.29) is 12.4 Å². The molecule has 0 atom stereocenters. The lowest BCUT2D eigenvalue weighted by atomic mass is 10.1. The Bertz CT molecular complexity index is 815. The molecule has 7 nitrogen and oxygen atoms in total. The molecule has 0 fully saturated rings. The van der Waals surface area contributed by atoms with E-state index < -0.39 is 18.5 Å². The van der Waals surface area contributed by atoms with Crippen LogP contribution in [0.4, 0.5) is 11.4 Å². The van der Waals surface area contributed by atoms with E-state index in [9.17, 15) is 14.4 Å². The molecule has 27 heavy (non-hydrogen) atoms. The number of ketones is 1. The van der Waals surface area contributed by atoms with Crippen molar-refractivity contribution in [1.82, 2.24) is 0 Å². The van der Waals surface area contributed by atoms with Crippen molar-refractivity contribution in [3.63, 3.8) is 0 Å². The molecule has 7 heteroatoms. The lowest BCUT2D eigenvalue weighted by molar-refractivity contribution is -0.149. The van der Waals surface area contributed by atoms with E-state index in [2.05, 4.69) is 5.32 Å². The van der Waals surface area contributed by atoms with Crippen molar-refractivity contribution in [2.24, 2.45) is 0 Å². The number of benzene rings is 2. The van der Waals surface area contributed by atoms with Crippen LogP contribution >= 0.6 is 0 Å². The van der Waals surface area contributed by atoms with Gasteiger partial charge in [0.1, 0.15) is 5.75 Å². The Hall–Kier alpha value is -3.35. The van der Waals surface area contributed by atoms with Crippen molar-refractivity contribution in [2.45, 2.75) is 6.92 Å². The molecule has 0 saturated heterocycles. The number of nitrogens with zero attached hydrogens (tertiary/aromatic N) is 1. The summed E-state index contributed by atoms with van der Waals surface area (Å²) in [5.74, 6) is -0.843. The number of ether oxygens (including phenoxy) is 2. The maximum atomic E-state index is 11.9. The minimum Gasteiger partial charge on any atom is -0.482 e. The number of anilines is 2. The Kier molecular flexibility index (Phi) is 6.93. The molecule has 0 radical (unpaired) electrons. The molecule has 0 bridgehead atoms. The van der Waals surface area contributed by atoms with Gasteiger partial charge in [0.15, 0.2) is 19.0 Å². The Labute approximate surface area is 157 Å². The summed E-state index contributed by atoms with van der Waals surface area (Å²) in [5.41, 5.74) is 2.10. The Morgan fingerprint density at radius 2 is 1.70 bits per heavy atom. The third kappa shape index (κ3) is 6.47. The zero-order chi connectivity index (χ0) is 19.8. The van der Waals surface area contributed by atoms with Crippen LogP contribution in [0.25, 0.3) is 0 Å². The van der Waals surface area contributed by atoms with Gasteiger partial charge in [-0.05, 0) is 43.3 Å². The van der Waals surface area contributed by atoms with E-state index >= 15 is 0 Å². The summed E-state index contributed by atoms with van der Waals surface area (Å²) in [5, 5.41) is 2.64. The van der Waals surface area contributed by atoms with Crippen LogP contribution in [-0.2, 0) is 14.3 Å². The molecule has 0 spiro atoms. The van der Waals surface area contributed by atoms with E-state index in [1.807, 2.05) is 31.1 Å². The van der Waals surface area contributed by atoms with Crippen LogP contribution < -0.4 is 15.0 Å². The molecule has 1 N–H and O–H groups in total. The number of esters is 1. The Balaban J connectivity index is 1.75. The first-order chi connectivity index (χ1) is 12.8. The van der Waals surface area contributed by atoms with Gasteiger partial charge in [-0.25, -0.2) is 4.79 Å². The van der Waals surface area contributed by atoms with Gasteiger partial charge in [0.05, 0.1) is 0 Å². The van der Waals surface area contributed by atoms with Gasteiger partial charge in [-0.1, -0.05) is 12.1 Å². The third-order valence-electron chi connectivity index (χ3n) is 3.63. The van der Waals surface area contributed by atoms with E-state index in [0.717, 1.165) is 5.69 Å². The second-order valence-corrected chi connectivity index (χ2v) is 6.02. The fourth-order valence-corrected chi connectivity index (χ4v) is 2.17. The average molecular weight is 370 g/mol. The van der Waals surface area contributed by atoms with Crippen molar-refractivity contribution >= 4 is 29.0 Å². The van der Waals surface area contributed by atoms with Gasteiger partial charge >= 0.3 is 5.97 Å². The molecule has 0 aromatic heterocycles. The number of rotatable bonds is 8. The number of nitrogens with one attached hydrogen (secondary N) is 1. The number of hydrogen-bond donors (Lipinski definition) is 1. The van der Waals surface area contributed by atoms with Gasteiger partial charge in [0.2, 0.25) is 0 Å². The summed E-state index contributed by atoms with van der Waals surface area (Å²) in [7, 11) is 3.84. The third-order valence-corrected chi connectivity index (χ3v) is 3.63. The highest BCUT2D eigenvalue weighted by Gasteiger charge is 2.10. The van der Waals surface area contributed by atoms with Crippen LogP contribution in [0.3, 0.4) is 0 Å². The van der Waals surface area contributed by atoms with Gasteiger partial charge in [-0.2, -0.15) is 0 Å². The summed E-state index contributed by atoms with van der Waals surface area (Å²) in [6, 6.07) is 13.7. The number of carbonyl (C=O) groups excluding carboxylic acids is 3. The van der Waals surface area contributed by atoms with Crippen molar-refractivity contribution in [1.29, 1.82) is 0 Å². The Morgan fingerprint density at radius 1 is 1.00 bits per heavy atom. The molecular formula is C20H22N2O5. The first kappa shape index (κ1) is 20.0. The smallest absolute Gasteiger partial charge is 0.344 e. The van der Waals surface area contributed by atoms with E-state index in [4.69, 9.17) is 9.47 Å². The highest BCUT2D eigenvalue weighted by molar-refractivity contribution is 5.94. The fraction of sp³-hybridized carbons (Fsp3) is 0.250. The summed E-state index contributed by atoms with van der Waals surface area (Å²) in [6.07, 6.45) is 0. The zero-order valence-electron chi connectivity index (χ0n) is 15.5. The summed E-state index contributed by atoms with van der Waals surface area (Å²) >= 11 is 0. The first-order valence-electron chi connectivity index (χ1n) is 8.32. The number of amides is 1. The maximum absolute atomic E-state index is 11.9. The van der Waals surface area contributed by atoms with Gasteiger partial charge in [-0.3, -0.25) is 9.59 Å². The molecule has 1 amide bonds. The summed E-state index contributed by atoms with van der Waals surface area (Å²) < 4.78 is 10.2. The standard InChI is InChI=1S/C20H22N2O5/c1-14(23)15-5-4-6-18(11-15)26-13-20(25)27-12-19(24)21-16-7-9-17(10-8-16)22(2)3/h4-11H,12-13H2,1-3H3,(H,21,24). The molecule has 0 saturated carbocycles. The van der Waals surface area contributed by atoms with Gasteiger partial charge in [0.25, 0.3) is 5.91 Å². The Morgan fingerprint density at radius 3 is 2.33 bits per heavy atom. The van der Waals surface area contributed by atoms with E-state index in [1.54, 1.807) is 36.4 Å². The fourth-order valence-electron chi connectivity index (χ4n) is 2.17. The largest absolute Gasteiger partial charge is 0.482 e. The molecule has 142 valence electrons. The first-order valence-corrected chi connectivity index (χ1v) is 8.32. The normalized spacial score (nSPS) is 10.0. The molecule has 2 aromatic rings. The SMILES string of the molecule is CC(=O)c1cccc(OCC(=O)OCC(=O)Nc2ccc(N(C)C)cc2)c1. The maximum Gasteiger partial charge on any atom is 0.344 e. The summed E-state index contributed by atoms with van der Waals surface area (Å²) in [6.45, 7) is 0.678. The van der Waals surface area contributed by atoms with Crippen LogP contribution in [0.1, 0.15) is 17.3 Å². The minimum absolute atomic E-state index is 0.0988. The molecular weight excluding hydrogens is 348 g/mol. The van der Waals surface area contributed by atoms with Crippen molar-refractivity contribution in [3.05, 3.63) is 54.1 Å². The lowest BCUT2D eigenvalue weighted by Crippen LogP contribution is -2.23. The average Bonchev–Trinajstić information content (AvgIpc) is 2.65. The van der Waals surface area contributed by atoms with Crippen LogP contribution in [0, 0.1) is 0 Å². The molecule has 0 aliphatic carbocycles. The zero-order valence-corrected chi connectivity index (χ0v) is 15.5. The van der Waals surface area contributed by atoms with Crippen LogP contribution in [0.5, 0.6) is 5.75 Å². The molecule has 2 aromatic carbocycles. The van der Waals surface area contributed by atoms with Crippen molar-refractivity contribution in [3.8, 4) is 5.75 Å². The van der Waals surface area contributed by atoms with Gasteiger partial charge in [0, 0.05) is 31.0 Å². The van der Waals surface area contributed by atoms with Gasteiger partial charge < -0.3 is 19.7 Å². The molecule has 0 unspecified atom stereocenters.